The Hall–Kier alpha value is -3.31. The third kappa shape index (κ3) is 6.23. The molecule has 2 aromatic rings. The summed E-state index contributed by atoms with van der Waals surface area (Å²) < 4.78 is 44.5. The van der Waals surface area contributed by atoms with Gasteiger partial charge in [0.25, 0.3) is 5.91 Å². The number of likely N-dealkylation sites (N-methyl/N-ethyl adjacent to an activating group) is 1. The van der Waals surface area contributed by atoms with Crippen LogP contribution in [0.4, 0.5) is 29.3 Å². The number of carbonyl (C=O) groups excluding carboxylic acids is 2. The maximum Gasteiger partial charge on any atom is 0.416 e. The molecule has 1 heterocycles. The van der Waals surface area contributed by atoms with Gasteiger partial charge in [-0.25, -0.2) is 4.79 Å². The quantitative estimate of drug-likeness (QED) is 0.490. The van der Waals surface area contributed by atoms with E-state index >= 15 is 0 Å². The number of nitrogens with one attached hydrogen (secondary N) is 3. The van der Waals surface area contributed by atoms with Gasteiger partial charge in [-0.2, -0.15) is 13.2 Å². The van der Waals surface area contributed by atoms with E-state index in [0.717, 1.165) is 24.3 Å². The second kappa shape index (κ2) is 11.0. The van der Waals surface area contributed by atoms with E-state index in [1.165, 1.54) is 0 Å². The van der Waals surface area contributed by atoms with E-state index in [0.29, 0.717) is 13.1 Å². The first kappa shape index (κ1) is 26.3. The number of aliphatic hydroxyl groups is 1. The lowest BCUT2D eigenvalue weighted by atomic mass is 9.99. The van der Waals surface area contributed by atoms with Crippen molar-refractivity contribution in [1.82, 2.24) is 10.2 Å². The number of benzene rings is 2. The molecule has 3 amide bonds. The molecule has 0 unspecified atom stereocenters. The molecule has 8 nitrogen and oxygen atoms in total. The zero-order valence-electron chi connectivity index (χ0n) is 19.6. The van der Waals surface area contributed by atoms with Gasteiger partial charge in [0.2, 0.25) is 0 Å². The molecule has 0 saturated heterocycles. The third-order valence-corrected chi connectivity index (χ3v) is 5.81. The maximum atomic E-state index is 13.3. The largest absolute Gasteiger partial charge is 0.486 e. The number of nitrogens with zero attached hydrogens (tertiary/aromatic N) is 1. The van der Waals surface area contributed by atoms with Crippen LogP contribution < -0.4 is 20.7 Å². The number of fused-ring (bicyclic) bond motifs is 1. The number of amides is 3. The van der Waals surface area contributed by atoms with E-state index in [1.54, 1.807) is 37.1 Å². The van der Waals surface area contributed by atoms with Crippen molar-refractivity contribution < 1.29 is 32.6 Å². The predicted molar refractivity (Wildman–Crippen MR) is 126 cm³/mol. The number of alkyl halides is 3. The van der Waals surface area contributed by atoms with E-state index in [9.17, 15) is 27.9 Å². The van der Waals surface area contributed by atoms with Crippen LogP contribution in [0, 0.1) is 5.92 Å². The molecule has 3 atom stereocenters. The highest BCUT2D eigenvalue weighted by Gasteiger charge is 2.34. The van der Waals surface area contributed by atoms with Gasteiger partial charge in [-0.05, 0) is 50.4 Å². The minimum absolute atomic E-state index is 0.0948. The summed E-state index contributed by atoms with van der Waals surface area (Å²) in [5, 5.41) is 17.9. The molecule has 3 rings (SSSR count). The van der Waals surface area contributed by atoms with Crippen molar-refractivity contribution in [1.29, 1.82) is 0 Å². The number of para-hydroxylation sites is 1. The Balaban J connectivity index is 1.89. The van der Waals surface area contributed by atoms with Gasteiger partial charge in [-0.15, -0.1) is 0 Å². The molecule has 2 aromatic carbocycles. The summed E-state index contributed by atoms with van der Waals surface area (Å²) in [5.74, 6) is -0.257. The molecule has 0 bridgehead atoms. The molecule has 0 fully saturated rings. The molecule has 0 saturated carbocycles. The van der Waals surface area contributed by atoms with Crippen molar-refractivity contribution in [3.05, 3.63) is 53.6 Å². The van der Waals surface area contributed by atoms with Gasteiger partial charge in [-0.3, -0.25) is 4.79 Å². The molecule has 0 aliphatic carbocycles. The molecule has 0 spiro atoms. The van der Waals surface area contributed by atoms with Crippen molar-refractivity contribution in [2.24, 2.45) is 5.92 Å². The number of aliphatic hydroxyl groups excluding tert-OH is 1. The first-order valence-corrected chi connectivity index (χ1v) is 11.2. The van der Waals surface area contributed by atoms with Gasteiger partial charge in [-0.1, -0.05) is 13.0 Å². The number of anilines is 2. The van der Waals surface area contributed by atoms with Crippen LogP contribution in [0.15, 0.2) is 42.5 Å². The Labute approximate surface area is 201 Å². The number of urea groups is 1. The minimum atomic E-state index is -4.48. The average molecular weight is 495 g/mol. The fourth-order valence-electron chi connectivity index (χ4n) is 3.81. The highest BCUT2D eigenvalue weighted by molar-refractivity contribution is 6.04. The molecule has 11 heteroatoms. The number of carbonyl (C=O) groups is 2. The van der Waals surface area contributed by atoms with Gasteiger partial charge >= 0.3 is 12.2 Å². The Bertz CT molecular complexity index is 1050. The third-order valence-electron chi connectivity index (χ3n) is 5.81. The van der Waals surface area contributed by atoms with Crippen LogP contribution >= 0.6 is 0 Å². The van der Waals surface area contributed by atoms with Crippen LogP contribution in [0.2, 0.25) is 0 Å². The maximum absolute atomic E-state index is 13.3. The van der Waals surface area contributed by atoms with Crippen molar-refractivity contribution in [2.75, 3.05) is 37.4 Å². The highest BCUT2D eigenvalue weighted by atomic mass is 19.4. The SMILES string of the molecule is CNC[C@H]1Oc2c(NC(=O)Nc3ccc(C(F)(F)F)cc3)cccc2C(=O)N([C@@H](C)CO)C[C@@H]1C. The summed E-state index contributed by atoms with van der Waals surface area (Å²) >= 11 is 0. The van der Waals surface area contributed by atoms with Crippen LogP contribution in [-0.2, 0) is 6.18 Å². The van der Waals surface area contributed by atoms with Gasteiger partial charge in [0, 0.05) is 24.7 Å². The molecule has 0 radical (unpaired) electrons. The molecule has 35 heavy (non-hydrogen) atoms. The van der Waals surface area contributed by atoms with E-state index in [1.807, 2.05) is 6.92 Å². The van der Waals surface area contributed by atoms with E-state index < -0.39 is 23.8 Å². The summed E-state index contributed by atoms with van der Waals surface area (Å²) in [7, 11) is 1.77. The summed E-state index contributed by atoms with van der Waals surface area (Å²) in [6, 6.07) is 7.65. The van der Waals surface area contributed by atoms with Crippen LogP contribution in [0.5, 0.6) is 5.75 Å². The highest BCUT2D eigenvalue weighted by Crippen LogP contribution is 2.35. The second-order valence-corrected chi connectivity index (χ2v) is 8.52. The number of ether oxygens (including phenoxy) is 1. The molecule has 1 aliphatic rings. The normalized spacial score (nSPS) is 19.2. The number of rotatable bonds is 6. The smallest absolute Gasteiger partial charge is 0.416 e. The van der Waals surface area contributed by atoms with Crippen LogP contribution in [0.1, 0.15) is 29.8 Å². The lowest BCUT2D eigenvalue weighted by Crippen LogP contribution is -2.49. The molecule has 4 N–H and O–H groups in total. The molecular weight excluding hydrogens is 465 g/mol. The average Bonchev–Trinajstić information content (AvgIpc) is 2.81. The Morgan fingerprint density at radius 2 is 1.89 bits per heavy atom. The van der Waals surface area contributed by atoms with Gasteiger partial charge < -0.3 is 30.7 Å². The monoisotopic (exact) mass is 494 g/mol. The summed E-state index contributed by atoms with van der Waals surface area (Å²) in [6.45, 7) is 4.32. The summed E-state index contributed by atoms with van der Waals surface area (Å²) in [5.41, 5.74) is -0.209. The standard InChI is InChI=1S/C24H29F3N4O4/c1-14-12-31(15(2)13-32)22(33)18-5-4-6-19(21(18)35-20(14)11-28-3)30-23(34)29-17-9-7-16(8-10-17)24(25,26)27/h4-10,14-15,20,28,32H,11-13H2,1-3H3,(H2,29,30,34)/t14-,15-,20+/m0/s1. The summed E-state index contributed by atoms with van der Waals surface area (Å²) in [4.78, 5) is 27.6. The van der Waals surface area contributed by atoms with Crippen LogP contribution in [0.25, 0.3) is 0 Å². The molecular formula is C24H29F3N4O4. The summed E-state index contributed by atoms with van der Waals surface area (Å²) in [6.07, 6.45) is -4.82. The number of hydrogen-bond donors (Lipinski definition) is 4. The Morgan fingerprint density at radius 1 is 1.20 bits per heavy atom. The Kier molecular flexibility index (Phi) is 8.23. The van der Waals surface area contributed by atoms with Crippen molar-refractivity contribution in [3.63, 3.8) is 0 Å². The molecule has 0 aromatic heterocycles. The second-order valence-electron chi connectivity index (χ2n) is 8.52. The van der Waals surface area contributed by atoms with Gasteiger partial charge in [0.15, 0.2) is 5.75 Å². The zero-order valence-corrected chi connectivity index (χ0v) is 19.6. The van der Waals surface area contributed by atoms with E-state index in [-0.39, 0.29) is 47.2 Å². The van der Waals surface area contributed by atoms with E-state index in [2.05, 4.69) is 16.0 Å². The van der Waals surface area contributed by atoms with E-state index in [4.69, 9.17) is 4.74 Å². The first-order valence-electron chi connectivity index (χ1n) is 11.2. The first-order chi connectivity index (χ1) is 16.5. The van der Waals surface area contributed by atoms with Gasteiger partial charge in [0.1, 0.15) is 6.10 Å². The zero-order chi connectivity index (χ0) is 25.8. The topological polar surface area (TPSA) is 103 Å². The fourth-order valence-corrected chi connectivity index (χ4v) is 3.81. The predicted octanol–water partition coefficient (Wildman–Crippen LogP) is 3.79. The molecule has 1 aliphatic heterocycles. The number of hydrogen-bond acceptors (Lipinski definition) is 5. The Morgan fingerprint density at radius 3 is 2.49 bits per heavy atom. The van der Waals surface area contributed by atoms with Crippen molar-refractivity contribution >= 4 is 23.3 Å². The molecule has 190 valence electrons. The van der Waals surface area contributed by atoms with Crippen LogP contribution in [-0.4, -0.2) is 60.8 Å². The van der Waals surface area contributed by atoms with Crippen molar-refractivity contribution in [2.45, 2.75) is 32.2 Å². The van der Waals surface area contributed by atoms with Crippen LogP contribution in [0.3, 0.4) is 0 Å². The minimum Gasteiger partial charge on any atom is -0.486 e. The lowest BCUT2D eigenvalue weighted by molar-refractivity contribution is -0.137. The fraction of sp³-hybridized carbons (Fsp3) is 0.417. The van der Waals surface area contributed by atoms with Crippen molar-refractivity contribution in [3.8, 4) is 5.75 Å². The lowest BCUT2D eigenvalue weighted by Gasteiger charge is -2.37. The number of halogens is 3. The van der Waals surface area contributed by atoms with Gasteiger partial charge in [0.05, 0.1) is 29.5 Å².